The molecule has 1 aromatic heterocycles. The van der Waals surface area contributed by atoms with Crippen molar-refractivity contribution in [3.63, 3.8) is 0 Å². The van der Waals surface area contributed by atoms with Crippen molar-refractivity contribution in [1.82, 2.24) is 20.9 Å². The number of nitrogens with one attached hydrogen (secondary N) is 3. The molecule has 5 nitrogen and oxygen atoms in total. The zero-order valence-electron chi connectivity index (χ0n) is 17.7. The molecule has 2 aromatic rings. The van der Waals surface area contributed by atoms with Gasteiger partial charge in [0.2, 0.25) is 5.91 Å². The molecule has 3 rings (SSSR count). The number of aromatic nitrogens is 1. The number of benzene rings is 1. The Labute approximate surface area is 174 Å². The Morgan fingerprint density at radius 2 is 1.90 bits per heavy atom. The molecule has 1 aliphatic rings. The molecule has 29 heavy (non-hydrogen) atoms. The smallest absolute Gasteiger partial charge is 0.241 e. The molecular weight excluding hydrogens is 360 g/mol. The van der Waals surface area contributed by atoms with Crippen molar-refractivity contribution in [1.29, 1.82) is 0 Å². The minimum atomic E-state index is -0.310. The van der Waals surface area contributed by atoms with Gasteiger partial charge in [-0.25, -0.2) is 0 Å². The highest BCUT2D eigenvalue weighted by Crippen LogP contribution is 2.21. The van der Waals surface area contributed by atoms with Crippen LogP contribution in [0.1, 0.15) is 47.6 Å². The lowest BCUT2D eigenvalue weighted by atomic mass is 9.94. The van der Waals surface area contributed by atoms with Gasteiger partial charge in [0.15, 0.2) is 0 Å². The molecule has 1 unspecified atom stereocenters. The standard InChI is InChI=1S/C24H34N4O/c1-18-3-4-22(19(2)17-18)23(27-15-9-20-5-11-25-12-6-20)24(29)28-16-10-21-7-13-26-14-8-21/h3-4,7-8,13-14,17,20,23,25,27H,5-6,9-12,15-16H2,1-2H3,(H,28,29). The van der Waals surface area contributed by atoms with Gasteiger partial charge in [-0.05, 0) is 93.9 Å². The molecule has 2 heterocycles. The molecular formula is C24H34N4O. The van der Waals surface area contributed by atoms with Gasteiger partial charge >= 0.3 is 0 Å². The first kappa shape index (κ1) is 21.5. The molecule has 1 amide bonds. The van der Waals surface area contributed by atoms with E-state index in [0.29, 0.717) is 6.54 Å². The molecule has 1 saturated heterocycles. The van der Waals surface area contributed by atoms with Gasteiger partial charge in [-0.1, -0.05) is 23.8 Å². The van der Waals surface area contributed by atoms with Gasteiger partial charge in [-0.3, -0.25) is 9.78 Å². The summed E-state index contributed by atoms with van der Waals surface area (Å²) in [5, 5.41) is 10.1. The Kier molecular flexibility index (Phi) is 8.20. The highest BCUT2D eigenvalue weighted by atomic mass is 16.2. The van der Waals surface area contributed by atoms with Crippen LogP contribution in [0.15, 0.2) is 42.7 Å². The van der Waals surface area contributed by atoms with Gasteiger partial charge in [-0.2, -0.15) is 0 Å². The van der Waals surface area contributed by atoms with Crippen molar-refractivity contribution in [2.75, 3.05) is 26.2 Å². The summed E-state index contributed by atoms with van der Waals surface area (Å²) in [6.45, 7) is 7.89. The Morgan fingerprint density at radius 3 is 2.62 bits per heavy atom. The van der Waals surface area contributed by atoms with Crippen molar-refractivity contribution in [3.05, 3.63) is 65.0 Å². The van der Waals surface area contributed by atoms with E-state index in [0.717, 1.165) is 49.5 Å². The van der Waals surface area contributed by atoms with Gasteiger partial charge in [0.05, 0.1) is 0 Å². The van der Waals surface area contributed by atoms with E-state index in [1.54, 1.807) is 12.4 Å². The Bertz CT molecular complexity index is 772. The number of hydrogen-bond donors (Lipinski definition) is 3. The summed E-state index contributed by atoms with van der Waals surface area (Å²) in [6, 6.07) is 10.0. The van der Waals surface area contributed by atoms with Crippen molar-refractivity contribution >= 4 is 5.91 Å². The maximum absolute atomic E-state index is 13.1. The van der Waals surface area contributed by atoms with Crippen LogP contribution in [0.4, 0.5) is 0 Å². The summed E-state index contributed by atoms with van der Waals surface area (Å²) in [4.78, 5) is 17.1. The molecule has 1 atom stereocenters. The summed E-state index contributed by atoms with van der Waals surface area (Å²) in [5.41, 5.74) is 4.64. The van der Waals surface area contributed by atoms with Crippen LogP contribution >= 0.6 is 0 Å². The number of rotatable bonds is 9. The summed E-state index contributed by atoms with van der Waals surface area (Å²) in [6.07, 6.45) is 7.97. The van der Waals surface area contributed by atoms with Crippen LogP contribution in [-0.2, 0) is 11.2 Å². The Morgan fingerprint density at radius 1 is 1.14 bits per heavy atom. The van der Waals surface area contributed by atoms with Crippen LogP contribution in [0.2, 0.25) is 0 Å². The number of carbonyl (C=O) groups is 1. The number of nitrogens with zero attached hydrogens (tertiary/aromatic N) is 1. The van der Waals surface area contributed by atoms with E-state index in [4.69, 9.17) is 0 Å². The summed E-state index contributed by atoms with van der Waals surface area (Å²) in [7, 11) is 0. The second-order valence-corrected chi connectivity index (χ2v) is 8.13. The molecule has 1 aliphatic heterocycles. The molecule has 0 bridgehead atoms. The second-order valence-electron chi connectivity index (χ2n) is 8.13. The first-order chi connectivity index (χ1) is 14.1. The number of carbonyl (C=O) groups excluding carboxylic acids is 1. The summed E-state index contributed by atoms with van der Waals surface area (Å²) >= 11 is 0. The molecule has 1 aromatic carbocycles. The number of hydrogen-bond acceptors (Lipinski definition) is 4. The fourth-order valence-electron chi connectivity index (χ4n) is 4.08. The minimum Gasteiger partial charge on any atom is -0.354 e. The quantitative estimate of drug-likeness (QED) is 0.612. The topological polar surface area (TPSA) is 66.0 Å². The minimum absolute atomic E-state index is 0.0521. The third-order valence-corrected chi connectivity index (χ3v) is 5.82. The van der Waals surface area contributed by atoms with Crippen LogP contribution in [0.25, 0.3) is 0 Å². The molecule has 0 saturated carbocycles. The third-order valence-electron chi connectivity index (χ3n) is 5.82. The molecule has 1 fully saturated rings. The fraction of sp³-hybridized carbons (Fsp3) is 0.500. The third kappa shape index (κ3) is 6.65. The molecule has 0 spiro atoms. The predicted molar refractivity (Wildman–Crippen MR) is 118 cm³/mol. The lowest BCUT2D eigenvalue weighted by Gasteiger charge is -2.25. The van der Waals surface area contributed by atoms with Crippen LogP contribution < -0.4 is 16.0 Å². The lowest BCUT2D eigenvalue weighted by Crippen LogP contribution is -2.40. The van der Waals surface area contributed by atoms with E-state index in [1.807, 2.05) is 12.1 Å². The maximum atomic E-state index is 13.1. The summed E-state index contributed by atoms with van der Waals surface area (Å²) < 4.78 is 0. The van der Waals surface area contributed by atoms with Gasteiger partial charge in [0, 0.05) is 18.9 Å². The van der Waals surface area contributed by atoms with Gasteiger partial charge in [0.1, 0.15) is 6.04 Å². The summed E-state index contributed by atoms with van der Waals surface area (Å²) in [5.74, 6) is 0.801. The second kappa shape index (κ2) is 11.1. The Balaban J connectivity index is 1.60. The van der Waals surface area contributed by atoms with Crippen molar-refractivity contribution in [2.24, 2.45) is 5.92 Å². The predicted octanol–water partition coefficient (Wildman–Crippen LogP) is 3.08. The number of pyridine rings is 1. The van der Waals surface area contributed by atoms with Crippen LogP contribution in [0, 0.1) is 19.8 Å². The average molecular weight is 395 g/mol. The lowest BCUT2D eigenvalue weighted by molar-refractivity contribution is -0.123. The van der Waals surface area contributed by atoms with Crippen LogP contribution in [0.3, 0.4) is 0 Å². The average Bonchev–Trinajstić information content (AvgIpc) is 2.73. The first-order valence-electron chi connectivity index (χ1n) is 10.8. The van der Waals surface area contributed by atoms with Gasteiger partial charge < -0.3 is 16.0 Å². The van der Waals surface area contributed by atoms with Crippen LogP contribution in [0.5, 0.6) is 0 Å². The van der Waals surface area contributed by atoms with E-state index in [-0.39, 0.29) is 11.9 Å². The monoisotopic (exact) mass is 394 g/mol. The largest absolute Gasteiger partial charge is 0.354 e. The van der Waals surface area contributed by atoms with E-state index >= 15 is 0 Å². The van der Waals surface area contributed by atoms with E-state index < -0.39 is 0 Å². The maximum Gasteiger partial charge on any atom is 0.241 e. The molecule has 0 aliphatic carbocycles. The van der Waals surface area contributed by atoms with Gasteiger partial charge in [-0.15, -0.1) is 0 Å². The number of amides is 1. The highest BCUT2D eigenvalue weighted by molar-refractivity contribution is 5.83. The molecule has 5 heteroatoms. The molecule has 3 N–H and O–H groups in total. The molecule has 0 radical (unpaired) electrons. The van der Waals surface area contributed by atoms with Crippen molar-refractivity contribution < 1.29 is 4.79 Å². The number of piperidine rings is 1. The van der Waals surface area contributed by atoms with E-state index in [1.165, 1.54) is 24.0 Å². The van der Waals surface area contributed by atoms with E-state index in [9.17, 15) is 4.79 Å². The van der Waals surface area contributed by atoms with Crippen LogP contribution in [-0.4, -0.2) is 37.1 Å². The fourth-order valence-corrected chi connectivity index (χ4v) is 4.08. The zero-order chi connectivity index (χ0) is 20.5. The van der Waals surface area contributed by atoms with Gasteiger partial charge in [0.25, 0.3) is 0 Å². The molecule has 156 valence electrons. The first-order valence-corrected chi connectivity index (χ1v) is 10.8. The highest BCUT2D eigenvalue weighted by Gasteiger charge is 2.22. The van der Waals surface area contributed by atoms with Crippen molar-refractivity contribution in [3.8, 4) is 0 Å². The zero-order valence-corrected chi connectivity index (χ0v) is 17.7. The number of aryl methyl sites for hydroxylation is 2. The normalized spacial score (nSPS) is 15.8. The van der Waals surface area contributed by atoms with E-state index in [2.05, 4.69) is 53.0 Å². The SMILES string of the molecule is Cc1ccc(C(NCCC2CCNCC2)C(=O)NCCc2ccncc2)c(C)c1. The van der Waals surface area contributed by atoms with Crippen molar-refractivity contribution in [2.45, 2.75) is 45.6 Å². The Hall–Kier alpha value is -2.24.